The number of amidine groups is 1. The van der Waals surface area contributed by atoms with Crippen molar-refractivity contribution in [2.75, 3.05) is 13.6 Å². The molecule has 7 nitrogen and oxygen atoms in total. The van der Waals surface area contributed by atoms with Crippen molar-refractivity contribution in [1.82, 2.24) is 4.90 Å². The fraction of sp³-hybridized carbons (Fsp3) is 0.417. The highest BCUT2D eigenvalue weighted by atomic mass is 35.5. The lowest BCUT2D eigenvalue weighted by Crippen LogP contribution is -2.48. The molecule has 0 bridgehead atoms. The Morgan fingerprint density at radius 2 is 1.78 bits per heavy atom. The number of alkyl halides is 4. The van der Waals surface area contributed by atoms with Crippen molar-refractivity contribution in [3.05, 3.63) is 59.7 Å². The third-order valence-corrected chi connectivity index (χ3v) is 4.72. The van der Waals surface area contributed by atoms with E-state index >= 15 is 0 Å². The van der Waals surface area contributed by atoms with Gasteiger partial charge in [0.15, 0.2) is 5.84 Å². The molecule has 0 amide bonds. The van der Waals surface area contributed by atoms with E-state index < -0.39 is 43.4 Å². The Balaban J connectivity index is -0.000000746. The fourth-order valence-electron chi connectivity index (χ4n) is 2.64. The van der Waals surface area contributed by atoms with Crippen molar-refractivity contribution in [2.24, 2.45) is 22.5 Å². The molecule has 0 radical (unpaired) electrons. The van der Waals surface area contributed by atoms with Crippen LogP contribution < -0.4 is 11.5 Å². The summed E-state index contributed by atoms with van der Waals surface area (Å²) in [5.41, 5.74) is 11.8. The first kappa shape index (κ1) is 37.6. The van der Waals surface area contributed by atoms with Gasteiger partial charge in [0.25, 0.3) is 0 Å². The van der Waals surface area contributed by atoms with Gasteiger partial charge in [0.05, 0.1) is 0 Å². The average molecular weight is 539 g/mol. The number of halogens is 5. The number of nitrogens with zero attached hydrogens (tertiary/aromatic N) is 2. The highest BCUT2D eigenvalue weighted by molar-refractivity contribution is 6.30. The van der Waals surface area contributed by atoms with Crippen LogP contribution >= 0.6 is 11.6 Å². The summed E-state index contributed by atoms with van der Waals surface area (Å²) >= 11 is 5.61. The molecule has 0 aliphatic heterocycles. The number of carbonyl (C=O) groups excluding carboxylic acids is 1. The second-order valence-corrected chi connectivity index (χ2v) is 7.61. The predicted octanol–water partition coefficient (Wildman–Crippen LogP) is 4.06. The number of rotatable bonds is 10. The molecule has 0 heterocycles. The molecule has 1 aromatic rings. The van der Waals surface area contributed by atoms with E-state index in [1.54, 1.807) is 0 Å². The largest absolute Gasteiger partial charge is 0.409 e. The van der Waals surface area contributed by atoms with Crippen LogP contribution in [0.4, 0.5) is 17.6 Å². The minimum atomic E-state index is -4.38. The Labute approximate surface area is 215 Å². The second kappa shape index (κ2) is 21.4. The summed E-state index contributed by atoms with van der Waals surface area (Å²) in [6.45, 7) is 7.50. The standard InChI is InChI=1S/C14H24F4N4O2.C7H7Cl.C2H2.CH2O/c1-3-9(10(15)4-5-12(19)21-24)8-22(2)11(13(20)23)6-7-14(16,17)18;1-6-2-4-7(8)5-3-6;2*1-2/h3-5,9-11,13,23-24H,1,6-8,20H2,2H3,(H2,19,21);2-5H,1H3;1-2H;1H2/b5-4+;;;. The average Bonchev–Trinajstić information content (AvgIpc) is 2.84. The maximum absolute atomic E-state index is 14.1. The molecule has 0 aliphatic rings. The monoisotopic (exact) mass is 538 g/mol. The number of nitrogens with two attached hydrogens (primary N) is 2. The first-order chi connectivity index (χ1) is 16.8. The molecule has 0 spiro atoms. The van der Waals surface area contributed by atoms with Crippen LogP contribution in [-0.2, 0) is 4.79 Å². The van der Waals surface area contributed by atoms with Crippen LogP contribution in [-0.4, -0.2) is 66.0 Å². The maximum Gasteiger partial charge on any atom is 0.389 e. The number of carbonyl (C=O) groups is 1. The molecule has 6 N–H and O–H groups in total. The summed E-state index contributed by atoms with van der Waals surface area (Å²) in [4.78, 5) is 9.35. The minimum absolute atomic E-state index is 0.0258. The number of hydrogen-bond acceptors (Lipinski definition) is 6. The van der Waals surface area contributed by atoms with E-state index in [-0.39, 0.29) is 12.4 Å². The fourth-order valence-corrected chi connectivity index (χ4v) is 2.76. The van der Waals surface area contributed by atoms with Crippen LogP contribution in [0.15, 0.2) is 54.2 Å². The van der Waals surface area contributed by atoms with E-state index in [1.165, 1.54) is 23.6 Å². The van der Waals surface area contributed by atoms with Gasteiger partial charge in [0, 0.05) is 29.9 Å². The van der Waals surface area contributed by atoms with Crippen molar-refractivity contribution in [3.63, 3.8) is 0 Å². The van der Waals surface area contributed by atoms with Crippen molar-refractivity contribution < 1.29 is 32.7 Å². The second-order valence-electron chi connectivity index (χ2n) is 7.17. The van der Waals surface area contributed by atoms with E-state index in [2.05, 4.69) is 24.6 Å². The van der Waals surface area contributed by atoms with Gasteiger partial charge in [-0.2, -0.15) is 13.2 Å². The summed E-state index contributed by atoms with van der Waals surface area (Å²) in [7, 11) is 1.44. The number of aliphatic hydroxyl groups is 1. The normalized spacial score (nSPS) is 14.6. The lowest BCUT2D eigenvalue weighted by atomic mass is 10.0. The molecule has 0 saturated carbocycles. The van der Waals surface area contributed by atoms with Crippen LogP contribution in [0.5, 0.6) is 0 Å². The third-order valence-electron chi connectivity index (χ3n) is 4.47. The van der Waals surface area contributed by atoms with E-state index in [4.69, 9.17) is 33.1 Å². The van der Waals surface area contributed by atoms with Gasteiger partial charge in [-0.3, -0.25) is 4.90 Å². The van der Waals surface area contributed by atoms with Gasteiger partial charge in [-0.05, 0) is 44.7 Å². The molecule has 1 rings (SSSR count). The number of terminal acetylenes is 1. The number of benzene rings is 1. The summed E-state index contributed by atoms with van der Waals surface area (Å²) in [6.07, 6.45) is 2.41. The van der Waals surface area contributed by atoms with Crippen LogP contribution in [0.25, 0.3) is 0 Å². The highest BCUT2D eigenvalue weighted by Crippen LogP contribution is 2.25. The van der Waals surface area contributed by atoms with Crippen LogP contribution in [0.2, 0.25) is 5.02 Å². The summed E-state index contributed by atoms with van der Waals surface area (Å²) in [5, 5.41) is 21.3. The first-order valence-corrected chi connectivity index (χ1v) is 10.7. The Morgan fingerprint density at radius 3 is 2.14 bits per heavy atom. The molecule has 4 unspecified atom stereocenters. The number of aliphatic hydroxyl groups excluding tert-OH is 1. The number of likely N-dealkylation sites (N-methyl/N-ethyl adjacent to an activating group) is 1. The molecule has 1 aromatic carbocycles. The lowest BCUT2D eigenvalue weighted by Gasteiger charge is -2.33. The van der Waals surface area contributed by atoms with Crippen LogP contribution in [0.3, 0.4) is 0 Å². The Bertz CT molecular complexity index is 767. The third kappa shape index (κ3) is 19.4. The van der Waals surface area contributed by atoms with Gasteiger partial charge < -0.3 is 26.6 Å². The van der Waals surface area contributed by atoms with Crippen molar-refractivity contribution in [1.29, 1.82) is 0 Å². The van der Waals surface area contributed by atoms with E-state index in [0.717, 1.165) is 17.2 Å². The molecule has 4 atom stereocenters. The molecule has 36 heavy (non-hydrogen) atoms. The van der Waals surface area contributed by atoms with Crippen molar-refractivity contribution in [3.8, 4) is 12.8 Å². The predicted molar refractivity (Wildman–Crippen MR) is 136 cm³/mol. The Kier molecular flexibility index (Phi) is 22.4. The zero-order chi connectivity index (χ0) is 28.9. The summed E-state index contributed by atoms with van der Waals surface area (Å²) < 4.78 is 51.1. The van der Waals surface area contributed by atoms with E-state index in [0.29, 0.717) is 0 Å². The Morgan fingerprint density at radius 1 is 1.28 bits per heavy atom. The molecule has 204 valence electrons. The van der Waals surface area contributed by atoms with Gasteiger partial charge in [-0.25, -0.2) is 4.39 Å². The van der Waals surface area contributed by atoms with Crippen molar-refractivity contribution >= 4 is 24.2 Å². The summed E-state index contributed by atoms with van der Waals surface area (Å²) in [6, 6.07) is 6.76. The zero-order valence-electron chi connectivity index (χ0n) is 20.3. The topological polar surface area (TPSA) is 125 Å². The van der Waals surface area contributed by atoms with Crippen LogP contribution in [0, 0.1) is 25.7 Å². The van der Waals surface area contributed by atoms with Gasteiger partial charge in [-0.1, -0.05) is 40.5 Å². The summed E-state index contributed by atoms with van der Waals surface area (Å²) in [5.74, 6) is -1.08. The Hall–Kier alpha value is -2.91. The van der Waals surface area contributed by atoms with Gasteiger partial charge in [-0.15, -0.1) is 19.4 Å². The molecular formula is C24H35ClF4N4O3. The minimum Gasteiger partial charge on any atom is -0.409 e. The first-order valence-electron chi connectivity index (χ1n) is 10.3. The highest BCUT2D eigenvalue weighted by Gasteiger charge is 2.32. The molecule has 0 aliphatic carbocycles. The molecular weight excluding hydrogens is 504 g/mol. The van der Waals surface area contributed by atoms with E-state index in [9.17, 15) is 22.7 Å². The zero-order valence-corrected chi connectivity index (χ0v) is 21.0. The number of allylic oxidation sites excluding steroid dienone is 1. The number of aryl methyl sites for hydroxylation is 1. The lowest BCUT2D eigenvalue weighted by molar-refractivity contribution is -0.140. The number of oxime groups is 1. The van der Waals surface area contributed by atoms with Crippen molar-refractivity contribution in [2.45, 2.75) is 44.4 Å². The maximum atomic E-state index is 14.1. The van der Waals surface area contributed by atoms with Gasteiger partial charge >= 0.3 is 6.18 Å². The molecule has 0 aromatic heterocycles. The SMILES string of the molecule is C#C.C=CC(CN(C)C(CCC(F)(F)F)C(N)O)C(F)/C=C/C(N)=N/O.C=O.Cc1ccc(Cl)cc1. The molecule has 0 saturated heterocycles. The number of hydrogen-bond donors (Lipinski definition) is 4. The quantitative estimate of drug-likeness (QED) is 0.0520. The molecule has 12 heteroatoms. The molecule has 0 fully saturated rings. The van der Waals surface area contributed by atoms with Gasteiger partial charge in [0.1, 0.15) is 19.2 Å². The van der Waals surface area contributed by atoms with Crippen LogP contribution in [0.1, 0.15) is 18.4 Å². The van der Waals surface area contributed by atoms with Gasteiger partial charge in [0.2, 0.25) is 0 Å². The van der Waals surface area contributed by atoms with E-state index in [1.807, 2.05) is 38.0 Å². The smallest absolute Gasteiger partial charge is 0.389 e.